The molecule has 1 heterocycles. The highest BCUT2D eigenvalue weighted by Gasteiger charge is 2.13. The van der Waals surface area contributed by atoms with Crippen LogP contribution in [0.2, 0.25) is 5.02 Å². The second-order valence-electron chi connectivity index (χ2n) is 6.37. The molecule has 0 aliphatic rings. The van der Waals surface area contributed by atoms with Crippen molar-refractivity contribution in [3.05, 3.63) is 80.1 Å². The maximum Gasteiger partial charge on any atom is 0.252 e. The number of H-pyrrole nitrogens is 1. The first-order valence-corrected chi connectivity index (χ1v) is 10.1. The van der Waals surface area contributed by atoms with E-state index in [1.165, 1.54) is 0 Å². The van der Waals surface area contributed by atoms with Gasteiger partial charge < -0.3 is 4.98 Å². The van der Waals surface area contributed by atoms with Crippen LogP contribution >= 0.6 is 11.6 Å². The van der Waals surface area contributed by atoms with E-state index in [0.717, 1.165) is 22.0 Å². The van der Waals surface area contributed by atoms with Gasteiger partial charge in [-0.3, -0.25) is 4.79 Å². The van der Waals surface area contributed by atoms with Crippen LogP contribution in [-0.2, 0) is 22.3 Å². The van der Waals surface area contributed by atoms with Crippen LogP contribution in [0.15, 0.2) is 47.3 Å². The quantitative estimate of drug-likeness (QED) is 0.700. The fourth-order valence-electron chi connectivity index (χ4n) is 2.89. The lowest BCUT2D eigenvalue weighted by Crippen LogP contribution is -2.28. The zero-order valence-corrected chi connectivity index (χ0v) is 16.0. The smallest absolute Gasteiger partial charge is 0.252 e. The molecule has 0 amide bonds. The van der Waals surface area contributed by atoms with Crippen LogP contribution in [0.4, 0.5) is 0 Å². The van der Waals surface area contributed by atoms with E-state index in [1.807, 2.05) is 26.0 Å². The maximum atomic E-state index is 12.3. The lowest BCUT2D eigenvalue weighted by Gasteiger charge is -2.09. The molecule has 0 radical (unpaired) electrons. The third-order valence-electron chi connectivity index (χ3n) is 4.14. The van der Waals surface area contributed by atoms with Crippen molar-refractivity contribution in [3.63, 3.8) is 0 Å². The Labute approximate surface area is 157 Å². The van der Waals surface area contributed by atoms with Gasteiger partial charge in [0.15, 0.2) is 0 Å². The third kappa shape index (κ3) is 4.33. The minimum Gasteiger partial charge on any atom is -0.322 e. The highest BCUT2D eigenvalue weighted by molar-refractivity contribution is 7.88. The van der Waals surface area contributed by atoms with Crippen LogP contribution in [0.25, 0.3) is 10.9 Å². The van der Waals surface area contributed by atoms with E-state index in [4.69, 9.17) is 11.6 Å². The molecule has 2 aromatic carbocycles. The van der Waals surface area contributed by atoms with Crippen molar-refractivity contribution in [3.8, 4) is 0 Å². The minimum absolute atomic E-state index is 0.0610. The predicted molar refractivity (Wildman–Crippen MR) is 105 cm³/mol. The number of halogens is 1. The Balaban J connectivity index is 1.81. The van der Waals surface area contributed by atoms with Crippen molar-refractivity contribution in [1.29, 1.82) is 0 Å². The van der Waals surface area contributed by atoms with Crippen LogP contribution in [-0.4, -0.2) is 13.4 Å². The number of pyridine rings is 1. The number of hydrogen-bond donors (Lipinski definition) is 2. The molecule has 7 heteroatoms. The van der Waals surface area contributed by atoms with Crippen LogP contribution in [0.5, 0.6) is 0 Å². The van der Waals surface area contributed by atoms with E-state index >= 15 is 0 Å². The van der Waals surface area contributed by atoms with Gasteiger partial charge in [0.1, 0.15) is 0 Å². The first kappa shape index (κ1) is 18.6. The molecule has 1 aromatic heterocycles. The number of benzene rings is 2. The molecule has 0 atom stereocenters. The number of hydrogen-bond acceptors (Lipinski definition) is 3. The minimum atomic E-state index is -3.58. The largest absolute Gasteiger partial charge is 0.322 e. The Morgan fingerprint density at radius 1 is 1.08 bits per heavy atom. The third-order valence-corrected chi connectivity index (χ3v) is 5.69. The molecule has 136 valence electrons. The van der Waals surface area contributed by atoms with Crippen molar-refractivity contribution in [2.24, 2.45) is 0 Å². The summed E-state index contributed by atoms with van der Waals surface area (Å²) in [5, 5.41) is 1.45. The van der Waals surface area contributed by atoms with Crippen LogP contribution in [0, 0.1) is 13.8 Å². The second-order valence-corrected chi connectivity index (χ2v) is 8.62. The molecule has 3 rings (SSSR count). The number of rotatable bonds is 5. The van der Waals surface area contributed by atoms with Crippen molar-refractivity contribution < 1.29 is 8.42 Å². The van der Waals surface area contributed by atoms with Crippen LogP contribution < -0.4 is 10.3 Å². The fraction of sp³-hybridized carbons (Fsp3) is 0.211. The Morgan fingerprint density at radius 2 is 1.77 bits per heavy atom. The predicted octanol–water partition coefficient (Wildman–Crippen LogP) is 3.42. The summed E-state index contributed by atoms with van der Waals surface area (Å²) in [6.07, 6.45) is 0. The number of aromatic nitrogens is 1. The van der Waals surface area contributed by atoms with Crippen molar-refractivity contribution in [2.75, 3.05) is 0 Å². The SMILES string of the molecule is Cc1cc(C)c2cc(CNS(=O)(=O)Cc3ccc(Cl)cc3)c(=O)[nH]c2c1. The van der Waals surface area contributed by atoms with E-state index in [1.54, 1.807) is 30.3 Å². The van der Waals surface area contributed by atoms with Crippen molar-refractivity contribution in [1.82, 2.24) is 9.71 Å². The summed E-state index contributed by atoms with van der Waals surface area (Å²) in [7, 11) is -3.58. The van der Waals surface area contributed by atoms with Gasteiger partial charge in [0.2, 0.25) is 10.0 Å². The summed E-state index contributed by atoms with van der Waals surface area (Å²) in [5.41, 5.74) is 3.55. The average molecular weight is 391 g/mol. The molecule has 2 N–H and O–H groups in total. The molecular formula is C19H19ClN2O3S. The lowest BCUT2D eigenvalue weighted by molar-refractivity contribution is 0.580. The molecule has 0 bridgehead atoms. The molecule has 3 aromatic rings. The first-order chi connectivity index (χ1) is 12.2. The summed E-state index contributed by atoms with van der Waals surface area (Å²) >= 11 is 5.81. The second kappa shape index (κ2) is 7.23. The summed E-state index contributed by atoms with van der Waals surface area (Å²) in [5.74, 6) is -0.173. The normalized spacial score (nSPS) is 11.8. The van der Waals surface area contributed by atoms with E-state index in [0.29, 0.717) is 16.1 Å². The summed E-state index contributed by atoms with van der Waals surface area (Å²) in [6, 6.07) is 12.3. The lowest BCUT2D eigenvalue weighted by atomic mass is 10.0. The van der Waals surface area contributed by atoms with Gasteiger partial charge in [-0.1, -0.05) is 29.8 Å². The number of nitrogens with one attached hydrogen (secondary N) is 2. The summed E-state index contributed by atoms with van der Waals surface area (Å²) in [4.78, 5) is 15.1. The molecule has 5 nitrogen and oxygen atoms in total. The highest BCUT2D eigenvalue weighted by atomic mass is 35.5. The maximum absolute atomic E-state index is 12.3. The van der Waals surface area contributed by atoms with E-state index < -0.39 is 10.0 Å². The Bertz CT molecular complexity index is 1120. The molecule has 0 aliphatic heterocycles. The van der Waals surface area contributed by atoms with Gasteiger partial charge in [0, 0.05) is 28.0 Å². The molecule has 0 saturated heterocycles. The molecule has 0 aliphatic carbocycles. The summed E-state index contributed by atoms with van der Waals surface area (Å²) in [6.45, 7) is 3.86. The molecule has 0 unspecified atom stereocenters. The van der Waals surface area contributed by atoms with Gasteiger partial charge in [-0.2, -0.15) is 0 Å². The van der Waals surface area contributed by atoms with E-state index in [2.05, 4.69) is 9.71 Å². The number of sulfonamides is 1. The zero-order chi connectivity index (χ0) is 18.9. The number of aryl methyl sites for hydroxylation is 2. The molecule has 0 saturated carbocycles. The monoisotopic (exact) mass is 390 g/mol. The van der Waals surface area contributed by atoms with Gasteiger partial charge in [0.05, 0.1) is 5.75 Å². The van der Waals surface area contributed by atoms with E-state index in [-0.39, 0.29) is 17.9 Å². The Hall–Kier alpha value is -2.15. The molecule has 0 fully saturated rings. The Morgan fingerprint density at radius 3 is 2.46 bits per heavy atom. The molecule has 26 heavy (non-hydrogen) atoms. The van der Waals surface area contributed by atoms with Gasteiger partial charge in [-0.05, 0) is 54.8 Å². The highest BCUT2D eigenvalue weighted by Crippen LogP contribution is 2.18. The molecular weight excluding hydrogens is 372 g/mol. The van der Waals surface area contributed by atoms with Crippen LogP contribution in [0.1, 0.15) is 22.3 Å². The van der Waals surface area contributed by atoms with Gasteiger partial charge in [-0.15, -0.1) is 0 Å². The van der Waals surface area contributed by atoms with Gasteiger partial charge in [-0.25, -0.2) is 13.1 Å². The van der Waals surface area contributed by atoms with Crippen LogP contribution in [0.3, 0.4) is 0 Å². The average Bonchev–Trinajstić information content (AvgIpc) is 2.55. The van der Waals surface area contributed by atoms with E-state index in [9.17, 15) is 13.2 Å². The first-order valence-electron chi connectivity index (χ1n) is 8.08. The molecule has 0 spiro atoms. The number of aromatic amines is 1. The number of fused-ring (bicyclic) bond motifs is 1. The Kier molecular flexibility index (Phi) is 5.18. The zero-order valence-electron chi connectivity index (χ0n) is 14.5. The fourth-order valence-corrected chi connectivity index (χ4v) is 4.12. The van der Waals surface area contributed by atoms with Gasteiger partial charge in [0.25, 0.3) is 5.56 Å². The van der Waals surface area contributed by atoms with Gasteiger partial charge >= 0.3 is 0 Å². The standard InChI is InChI=1S/C19H19ClN2O3S/c1-12-7-13(2)17-9-15(19(23)22-18(17)8-12)10-21-26(24,25)11-14-3-5-16(20)6-4-14/h3-9,21H,10-11H2,1-2H3,(H,22,23). The topological polar surface area (TPSA) is 79.0 Å². The summed E-state index contributed by atoms with van der Waals surface area (Å²) < 4.78 is 27.1. The van der Waals surface area contributed by atoms with Crippen molar-refractivity contribution >= 4 is 32.5 Å². The van der Waals surface area contributed by atoms with Crippen molar-refractivity contribution in [2.45, 2.75) is 26.1 Å².